The Labute approximate surface area is 156 Å². The van der Waals surface area contributed by atoms with Crippen molar-refractivity contribution in [2.45, 2.75) is 20.3 Å². The van der Waals surface area contributed by atoms with E-state index in [0.717, 1.165) is 35.0 Å². The molecule has 0 unspecified atom stereocenters. The Kier molecular flexibility index (Phi) is 5.83. The van der Waals surface area contributed by atoms with Gasteiger partial charge in [0.15, 0.2) is 0 Å². The van der Waals surface area contributed by atoms with Crippen LogP contribution in [-0.2, 0) is 11.2 Å². The first-order valence-electron chi connectivity index (χ1n) is 8.31. The van der Waals surface area contributed by atoms with E-state index in [1.807, 2.05) is 41.1 Å². The maximum absolute atomic E-state index is 12.3. The van der Waals surface area contributed by atoms with Crippen LogP contribution >= 0.6 is 22.7 Å². The van der Waals surface area contributed by atoms with E-state index >= 15 is 0 Å². The number of nitrogens with zero attached hydrogens (tertiary/aromatic N) is 2. The van der Waals surface area contributed by atoms with Crippen LogP contribution in [0.3, 0.4) is 0 Å². The van der Waals surface area contributed by atoms with Crippen LogP contribution in [0.15, 0.2) is 46.5 Å². The molecule has 0 bridgehead atoms. The van der Waals surface area contributed by atoms with Crippen LogP contribution in [0, 0.1) is 0 Å². The third kappa shape index (κ3) is 4.46. The van der Waals surface area contributed by atoms with Crippen molar-refractivity contribution in [3.63, 3.8) is 0 Å². The Morgan fingerprint density at radius 2 is 1.88 bits per heavy atom. The number of carbonyl (C=O) groups is 1. The minimum absolute atomic E-state index is 0.0437. The molecule has 0 aliphatic carbocycles. The van der Waals surface area contributed by atoms with Crippen LogP contribution in [-0.4, -0.2) is 24.0 Å². The lowest BCUT2D eigenvalue weighted by molar-refractivity contribution is -0.115. The van der Waals surface area contributed by atoms with Gasteiger partial charge in [0.05, 0.1) is 12.1 Å². The Balaban J connectivity index is 1.59. The van der Waals surface area contributed by atoms with Gasteiger partial charge in [-0.3, -0.25) is 4.79 Å². The van der Waals surface area contributed by atoms with Crippen molar-refractivity contribution in [1.29, 1.82) is 0 Å². The molecule has 0 atom stereocenters. The summed E-state index contributed by atoms with van der Waals surface area (Å²) < 4.78 is 0. The summed E-state index contributed by atoms with van der Waals surface area (Å²) in [5.74, 6) is -0.0437. The Bertz CT molecular complexity index is 806. The molecule has 1 N–H and O–H groups in total. The summed E-state index contributed by atoms with van der Waals surface area (Å²) >= 11 is 3.23. The zero-order chi connectivity index (χ0) is 17.6. The summed E-state index contributed by atoms with van der Waals surface area (Å²) in [5, 5.41) is 9.97. The van der Waals surface area contributed by atoms with Gasteiger partial charge in [-0.15, -0.1) is 11.3 Å². The quantitative estimate of drug-likeness (QED) is 0.642. The van der Waals surface area contributed by atoms with E-state index in [9.17, 15) is 4.79 Å². The minimum Gasteiger partial charge on any atom is -0.372 e. The molecule has 0 radical (unpaired) electrons. The SMILES string of the molecule is CCN(CC)c1ccc(NC(=O)Cc2csc(-c3ccsc3)n2)cc1. The molecule has 4 nitrogen and oxygen atoms in total. The smallest absolute Gasteiger partial charge is 0.230 e. The molecule has 0 spiro atoms. The second-order valence-electron chi connectivity index (χ2n) is 5.60. The van der Waals surface area contributed by atoms with Gasteiger partial charge in [0, 0.05) is 40.8 Å². The number of benzene rings is 1. The molecule has 25 heavy (non-hydrogen) atoms. The Morgan fingerprint density at radius 1 is 1.12 bits per heavy atom. The van der Waals surface area contributed by atoms with E-state index in [0.29, 0.717) is 6.42 Å². The molecule has 0 aliphatic rings. The van der Waals surface area contributed by atoms with Crippen LogP contribution in [0.5, 0.6) is 0 Å². The maximum atomic E-state index is 12.3. The lowest BCUT2D eigenvalue weighted by Gasteiger charge is -2.21. The van der Waals surface area contributed by atoms with E-state index in [2.05, 4.69) is 34.4 Å². The summed E-state index contributed by atoms with van der Waals surface area (Å²) in [7, 11) is 0. The second-order valence-corrected chi connectivity index (χ2v) is 7.24. The first-order valence-corrected chi connectivity index (χ1v) is 10.1. The van der Waals surface area contributed by atoms with Crippen molar-refractivity contribution in [3.05, 3.63) is 52.2 Å². The zero-order valence-electron chi connectivity index (χ0n) is 14.4. The lowest BCUT2D eigenvalue weighted by Crippen LogP contribution is -2.21. The fourth-order valence-electron chi connectivity index (χ4n) is 2.62. The summed E-state index contributed by atoms with van der Waals surface area (Å²) in [4.78, 5) is 19.1. The van der Waals surface area contributed by atoms with E-state index in [1.165, 1.54) is 5.69 Å². The molecule has 130 valence electrons. The number of nitrogens with one attached hydrogen (secondary N) is 1. The molecule has 0 saturated heterocycles. The average molecular weight is 372 g/mol. The summed E-state index contributed by atoms with van der Waals surface area (Å²) in [6.45, 7) is 6.21. The van der Waals surface area contributed by atoms with Crippen LogP contribution in [0.1, 0.15) is 19.5 Å². The maximum Gasteiger partial charge on any atom is 0.230 e. The number of anilines is 2. The van der Waals surface area contributed by atoms with Gasteiger partial charge in [0.25, 0.3) is 0 Å². The monoisotopic (exact) mass is 371 g/mol. The largest absolute Gasteiger partial charge is 0.372 e. The highest BCUT2D eigenvalue weighted by Gasteiger charge is 2.10. The molecule has 3 aromatic rings. The van der Waals surface area contributed by atoms with Gasteiger partial charge in [0.1, 0.15) is 5.01 Å². The molecular weight excluding hydrogens is 350 g/mol. The number of aromatic nitrogens is 1. The predicted molar refractivity (Wildman–Crippen MR) is 108 cm³/mol. The molecule has 2 heterocycles. The van der Waals surface area contributed by atoms with Crippen LogP contribution in [0.25, 0.3) is 10.6 Å². The van der Waals surface area contributed by atoms with Crippen molar-refractivity contribution in [1.82, 2.24) is 4.98 Å². The van der Waals surface area contributed by atoms with Crippen LogP contribution in [0.2, 0.25) is 0 Å². The van der Waals surface area contributed by atoms with E-state index in [4.69, 9.17) is 0 Å². The average Bonchev–Trinajstić information content (AvgIpc) is 3.29. The third-order valence-electron chi connectivity index (χ3n) is 3.94. The predicted octanol–water partition coefficient (Wildman–Crippen LogP) is 4.90. The number of rotatable bonds is 7. The molecule has 0 fully saturated rings. The van der Waals surface area contributed by atoms with Crippen molar-refractivity contribution >= 4 is 40.0 Å². The van der Waals surface area contributed by atoms with Gasteiger partial charge in [0.2, 0.25) is 5.91 Å². The molecule has 2 aromatic heterocycles. The fraction of sp³-hybridized carbons (Fsp3) is 0.263. The van der Waals surface area contributed by atoms with Gasteiger partial charge in [-0.1, -0.05) is 0 Å². The number of thiazole rings is 1. The van der Waals surface area contributed by atoms with Gasteiger partial charge >= 0.3 is 0 Å². The van der Waals surface area contributed by atoms with E-state index in [-0.39, 0.29) is 5.91 Å². The highest BCUT2D eigenvalue weighted by Crippen LogP contribution is 2.26. The molecular formula is C19H21N3OS2. The van der Waals surface area contributed by atoms with Gasteiger partial charge in [-0.2, -0.15) is 11.3 Å². The summed E-state index contributed by atoms with van der Waals surface area (Å²) in [6.07, 6.45) is 0.290. The number of hydrogen-bond donors (Lipinski definition) is 1. The number of carbonyl (C=O) groups excluding carboxylic acids is 1. The third-order valence-corrected chi connectivity index (χ3v) is 5.56. The first-order chi connectivity index (χ1) is 12.2. The normalized spacial score (nSPS) is 10.6. The second kappa shape index (κ2) is 8.27. The topological polar surface area (TPSA) is 45.2 Å². The zero-order valence-corrected chi connectivity index (χ0v) is 16.0. The minimum atomic E-state index is -0.0437. The van der Waals surface area contributed by atoms with Gasteiger partial charge in [-0.25, -0.2) is 4.98 Å². The fourth-order valence-corrected chi connectivity index (χ4v) is 4.15. The van der Waals surface area contributed by atoms with Crippen molar-refractivity contribution in [2.75, 3.05) is 23.3 Å². The Morgan fingerprint density at radius 3 is 2.52 bits per heavy atom. The molecule has 0 saturated carbocycles. The molecule has 3 rings (SSSR count). The van der Waals surface area contributed by atoms with Gasteiger partial charge in [-0.05, 0) is 49.6 Å². The highest BCUT2D eigenvalue weighted by molar-refractivity contribution is 7.14. The summed E-state index contributed by atoms with van der Waals surface area (Å²) in [6, 6.07) is 10.0. The molecule has 1 amide bonds. The summed E-state index contributed by atoms with van der Waals surface area (Å²) in [5.41, 5.74) is 3.91. The lowest BCUT2D eigenvalue weighted by atomic mass is 10.2. The number of hydrogen-bond acceptors (Lipinski definition) is 5. The molecule has 1 aromatic carbocycles. The number of amides is 1. The molecule has 6 heteroatoms. The first kappa shape index (κ1) is 17.6. The van der Waals surface area contributed by atoms with Crippen LogP contribution in [0.4, 0.5) is 11.4 Å². The van der Waals surface area contributed by atoms with Crippen LogP contribution < -0.4 is 10.2 Å². The van der Waals surface area contributed by atoms with Crippen molar-refractivity contribution < 1.29 is 4.79 Å². The van der Waals surface area contributed by atoms with Crippen molar-refractivity contribution in [2.24, 2.45) is 0 Å². The van der Waals surface area contributed by atoms with Gasteiger partial charge < -0.3 is 10.2 Å². The van der Waals surface area contributed by atoms with Crippen molar-refractivity contribution in [3.8, 4) is 10.6 Å². The standard InChI is InChI=1S/C19H21N3OS2/c1-3-22(4-2)17-7-5-15(6-8-17)20-18(23)11-16-13-25-19(21-16)14-9-10-24-12-14/h5-10,12-13H,3-4,11H2,1-2H3,(H,20,23). The highest BCUT2D eigenvalue weighted by atomic mass is 32.1. The Hall–Kier alpha value is -2.18. The van der Waals surface area contributed by atoms with E-state index in [1.54, 1.807) is 22.7 Å². The van der Waals surface area contributed by atoms with E-state index < -0.39 is 0 Å². The molecule has 0 aliphatic heterocycles. The number of thiophene rings is 1.